The molecule has 2 fully saturated rings. The zero-order chi connectivity index (χ0) is 25.0. The molecule has 1 saturated carbocycles. The van der Waals surface area contributed by atoms with Gasteiger partial charge < -0.3 is 28.8 Å². The fourth-order valence-electron chi connectivity index (χ4n) is 5.06. The van der Waals surface area contributed by atoms with Crippen LogP contribution in [0.15, 0.2) is 18.2 Å². The highest BCUT2D eigenvalue weighted by Gasteiger charge is 2.51. The van der Waals surface area contributed by atoms with Gasteiger partial charge in [-0.2, -0.15) is 0 Å². The SMILES string of the molecule is COc1c(C2CCCC(O)C2)cccc1[C@H]1O[C@@H](C)[C@@H](OC(C)=O)[C@@H](OC(C)=O)[C@@H]1OC(C)=O. The second-order valence-corrected chi connectivity index (χ2v) is 8.97. The Morgan fingerprint density at radius 1 is 0.912 bits per heavy atom. The van der Waals surface area contributed by atoms with E-state index >= 15 is 0 Å². The number of aliphatic hydroxyl groups excluding tert-OH is 1. The third-order valence-electron chi connectivity index (χ3n) is 6.35. The van der Waals surface area contributed by atoms with Gasteiger partial charge in [-0.15, -0.1) is 0 Å². The fourth-order valence-corrected chi connectivity index (χ4v) is 5.06. The first kappa shape index (κ1) is 26.0. The summed E-state index contributed by atoms with van der Waals surface area (Å²) in [6.45, 7) is 5.43. The largest absolute Gasteiger partial charge is 0.496 e. The molecule has 1 aliphatic carbocycles. The van der Waals surface area contributed by atoms with Gasteiger partial charge in [0.15, 0.2) is 18.3 Å². The lowest BCUT2D eigenvalue weighted by molar-refractivity contribution is -0.245. The molecule has 0 aromatic heterocycles. The molecule has 0 radical (unpaired) electrons. The number of methoxy groups -OCH3 is 1. The smallest absolute Gasteiger partial charge is 0.303 e. The van der Waals surface area contributed by atoms with E-state index in [4.69, 9.17) is 23.7 Å². The first-order valence-electron chi connectivity index (χ1n) is 11.6. The number of para-hydroxylation sites is 1. The highest BCUT2D eigenvalue weighted by atomic mass is 16.6. The summed E-state index contributed by atoms with van der Waals surface area (Å²) in [5.41, 5.74) is 1.55. The summed E-state index contributed by atoms with van der Waals surface area (Å²) in [6, 6.07) is 5.64. The lowest BCUT2D eigenvalue weighted by Gasteiger charge is -2.44. The lowest BCUT2D eigenvalue weighted by Crippen LogP contribution is -2.57. The van der Waals surface area contributed by atoms with E-state index in [-0.39, 0.29) is 12.0 Å². The molecule has 9 heteroatoms. The zero-order valence-electron chi connectivity index (χ0n) is 20.3. The molecule has 1 aliphatic heterocycles. The number of ether oxygens (including phenoxy) is 5. The number of aliphatic hydroxyl groups is 1. The number of benzene rings is 1. The average Bonchev–Trinajstić information content (AvgIpc) is 2.76. The van der Waals surface area contributed by atoms with Crippen molar-refractivity contribution in [1.29, 1.82) is 0 Å². The van der Waals surface area contributed by atoms with Gasteiger partial charge in [-0.25, -0.2) is 0 Å². The maximum Gasteiger partial charge on any atom is 0.303 e. The molecule has 9 nitrogen and oxygen atoms in total. The minimum absolute atomic E-state index is 0.102. The van der Waals surface area contributed by atoms with Crippen molar-refractivity contribution in [1.82, 2.24) is 0 Å². The van der Waals surface area contributed by atoms with Crippen LogP contribution in [0.25, 0.3) is 0 Å². The third-order valence-corrected chi connectivity index (χ3v) is 6.35. The minimum Gasteiger partial charge on any atom is -0.496 e. The number of carbonyl (C=O) groups is 3. The van der Waals surface area contributed by atoms with Crippen LogP contribution >= 0.6 is 0 Å². The first-order valence-corrected chi connectivity index (χ1v) is 11.6. The molecule has 2 aliphatic rings. The van der Waals surface area contributed by atoms with Crippen molar-refractivity contribution in [3.05, 3.63) is 29.3 Å². The van der Waals surface area contributed by atoms with E-state index in [1.807, 2.05) is 18.2 Å². The van der Waals surface area contributed by atoms with Crippen molar-refractivity contribution in [3.63, 3.8) is 0 Å². The van der Waals surface area contributed by atoms with Gasteiger partial charge in [-0.1, -0.05) is 24.6 Å². The van der Waals surface area contributed by atoms with Gasteiger partial charge in [-0.3, -0.25) is 14.4 Å². The average molecular weight is 479 g/mol. The molecule has 34 heavy (non-hydrogen) atoms. The van der Waals surface area contributed by atoms with E-state index in [1.165, 1.54) is 20.8 Å². The molecule has 0 spiro atoms. The molecule has 0 bridgehead atoms. The molecule has 1 aromatic carbocycles. The van der Waals surface area contributed by atoms with E-state index in [1.54, 1.807) is 14.0 Å². The molecular formula is C25H34O9. The fraction of sp³-hybridized carbons (Fsp3) is 0.640. The Labute approximate surface area is 199 Å². The molecule has 7 atom stereocenters. The van der Waals surface area contributed by atoms with E-state index in [0.29, 0.717) is 17.7 Å². The van der Waals surface area contributed by atoms with Crippen LogP contribution in [0.1, 0.15) is 76.5 Å². The Morgan fingerprint density at radius 3 is 2.09 bits per heavy atom. The van der Waals surface area contributed by atoms with Crippen molar-refractivity contribution < 1.29 is 43.2 Å². The minimum atomic E-state index is -1.08. The molecule has 2 unspecified atom stereocenters. The summed E-state index contributed by atoms with van der Waals surface area (Å²) in [6.07, 6.45) is -1.80. The second-order valence-electron chi connectivity index (χ2n) is 8.97. The van der Waals surface area contributed by atoms with Crippen LogP contribution in [-0.4, -0.2) is 60.6 Å². The van der Waals surface area contributed by atoms with Crippen molar-refractivity contribution in [3.8, 4) is 5.75 Å². The van der Waals surface area contributed by atoms with Gasteiger partial charge in [0.05, 0.1) is 19.3 Å². The summed E-state index contributed by atoms with van der Waals surface area (Å²) in [5.74, 6) is -1.11. The number of esters is 3. The molecule has 0 amide bonds. The van der Waals surface area contributed by atoms with Crippen LogP contribution in [0.4, 0.5) is 0 Å². The van der Waals surface area contributed by atoms with Crippen LogP contribution < -0.4 is 4.74 Å². The van der Waals surface area contributed by atoms with Crippen LogP contribution in [0.2, 0.25) is 0 Å². The summed E-state index contributed by atoms with van der Waals surface area (Å²) in [4.78, 5) is 35.7. The van der Waals surface area contributed by atoms with Crippen molar-refractivity contribution in [2.24, 2.45) is 0 Å². The number of rotatable bonds is 6. The maximum absolute atomic E-state index is 12.1. The maximum atomic E-state index is 12.1. The highest BCUT2D eigenvalue weighted by Crippen LogP contribution is 2.45. The van der Waals surface area contributed by atoms with E-state index in [0.717, 1.165) is 24.8 Å². The van der Waals surface area contributed by atoms with Crippen LogP contribution in [0.3, 0.4) is 0 Å². The highest BCUT2D eigenvalue weighted by molar-refractivity contribution is 5.68. The molecule has 3 rings (SSSR count). The molecule has 1 saturated heterocycles. The molecule has 188 valence electrons. The molecular weight excluding hydrogens is 444 g/mol. The predicted octanol–water partition coefficient (Wildman–Crippen LogP) is 2.97. The van der Waals surface area contributed by atoms with Gasteiger partial charge >= 0.3 is 17.9 Å². The zero-order valence-corrected chi connectivity index (χ0v) is 20.3. The predicted molar refractivity (Wildman–Crippen MR) is 120 cm³/mol. The van der Waals surface area contributed by atoms with Crippen molar-refractivity contribution >= 4 is 17.9 Å². The molecule has 1 N–H and O–H groups in total. The van der Waals surface area contributed by atoms with Gasteiger partial charge in [0.1, 0.15) is 11.9 Å². The number of carbonyl (C=O) groups excluding carboxylic acids is 3. The monoisotopic (exact) mass is 478 g/mol. The normalized spacial score (nSPS) is 31.3. The van der Waals surface area contributed by atoms with Gasteiger partial charge in [0.2, 0.25) is 0 Å². The van der Waals surface area contributed by atoms with E-state index in [9.17, 15) is 19.5 Å². The summed E-state index contributed by atoms with van der Waals surface area (Å²) in [7, 11) is 1.56. The topological polar surface area (TPSA) is 118 Å². The van der Waals surface area contributed by atoms with Crippen LogP contribution in [-0.2, 0) is 33.3 Å². The van der Waals surface area contributed by atoms with Crippen LogP contribution in [0.5, 0.6) is 5.75 Å². The molecule has 1 aromatic rings. The third kappa shape index (κ3) is 5.88. The lowest BCUT2D eigenvalue weighted by atomic mass is 9.80. The van der Waals surface area contributed by atoms with Crippen molar-refractivity contribution in [2.45, 2.75) is 95.9 Å². The Bertz CT molecular complexity index is 898. The Morgan fingerprint density at radius 2 is 1.50 bits per heavy atom. The Kier molecular flexibility index (Phi) is 8.54. The Balaban J connectivity index is 2.07. The van der Waals surface area contributed by atoms with E-state index in [2.05, 4.69) is 0 Å². The van der Waals surface area contributed by atoms with Crippen LogP contribution in [0, 0.1) is 0 Å². The van der Waals surface area contributed by atoms with Gasteiger partial charge in [-0.05, 0) is 37.7 Å². The summed E-state index contributed by atoms with van der Waals surface area (Å²) < 4.78 is 28.6. The van der Waals surface area contributed by atoms with Crippen molar-refractivity contribution in [2.75, 3.05) is 7.11 Å². The van der Waals surface area contributed by atoms with E-state index < -0.39 is 48.4 Å². The second kappa shape index (κ2) is 11.2. The summed E-state index contributed by atoms with van der Waals surface area (Å²) in [5, 5.41) is 10.2. The first-order chi connectivity index (χ1) is 16.1. The quantitative estimate of drug-likeness (QED) is 0.486. The summed E-state index contributed by atoms with van der Waals surface area (Å²) >= 11 is 0. The van der Waals surface area contributed by atoms with Gasteiger partial charge in [0, 0.05) is 26.3 Å². The number of hydrogen-bond acceptors (Lipinski definition) is 9. The molecule has 1 heterocycles. The van der Waals surface area contributed by atoms with Gasteiger partial charge in [0.25, 0.3) is 0 Å². The Hall–Kier alpha value is -2.65. The number of hydrogen-bond donors (Lipinski definition) is 1. The standard InChI is InChI=1S/C25H34O9/c1-13-21(32-14(2)26)24(33-15(3)27)25(34-16(4)28)23(31-13)20-11-7-10-19(22(20)30-5)17-8-6-9-18(29)12-17/h7,10-11,13,17-18,21,23-25,29H,6,8-9,12H2,1-5H3/t13-,17?,18?,21+,23+,24+,25+/m0/s1.